The third kappa shape index (κ3) is 3.02. The summed E-state index contributed by atoms with van der Waals surface area (Å²) in [6, 6.07) is 12.3. The van der Waals surface area contributed by atoms with Crippen molar-refractivity contribution in [2.45, 2.75) is 32.7 Å². The Morgan fingerprint density at radius 3 is 2.60 bits per heavy atom. The molecule has 1 fully saturated rings. The minimum Gasteiger partial charge on any atom is -0.338 e. The topological polar surface area (TPSA) is 51.0 Å². The van der Waals surface area contributed by atoms with Crippen LogP contribution in [0.3, 0.4) is 0 Å². The molecule has 128 valence electrons. The molecule has 1 aliphatic rings. The Hall–Kier alpha value is -2.69. The smallest absolute Gasteiger partial charge is 0.255 e. The summed E-state index contributed by atoms with van der Waals surface area (Å²) in [5, 5.41) is 5.60. The zero-order valence-corrected chi connectivity index (χ0v) is 14.6. The monoisotopic (exact) mass is 334 g/mol. The Morgan fingerprint density at radius 1 is 1.12 bits per heavy atom. The number of nitrogens with zero attached hydrogens (tertiary/aromatic N) is 4. The summed E-state index contributed by atoms with van der Waals surface area (Å²) in [5.41, 5.74) is 3.84. The molecule has 0 N–H and O–H groups in total. The van der Waals surface area contributed by atoms with E-state index in [0.717, 1.165) is 42.5 Å². The van der Waals surface area contributed by atoms with Gasteiger partial charge in [-0.3, -0.25) is 14.5 Å². The fraction of sp³-hybridized carbons (Fsp3) is 0.350. The molecule has 4 rings (SSSR count). The molecule has 0 radical (unpaired) electrons. The second-order valence-electron chi connectivity index (χ2n) is 6.81. The highest BCUT2D eigenvalue weighted by Gasteiger charge is 2.26. The number of rotatable bonds is 2. The van der Waals surface area contributed by atoms with Gasteiger partial charge >= 0.3 is 0 Å². The molecule has 0 saturated carbocycles. The molecule has 2 aromatic heterocycles. The highest BCUT2D eigenvalue weighted by atomic mass is 16.2. The van der Waals surface area contributed by atoms with Gasteiger partial charge in [0.05, 0.1) is 22.8 Å². The maximum absolute atomic E-state index is 12.8. The fourth-order valence-electron chi connectivity index (χ4n) is 3.70. The highest BCUT2D eigenvalue weighted by molar-refractivity contribution is 5.97. The Labute approximate surface area is 147 Å². The van der Waals surface area contributed by atoms with E-state index < -0.39 is 0 Å². The van der Waals surface area contributed by atoms with Crippen LogP contribution in [-0.2, 0) is 0 Å². The molecule has 0 spiro atoms. The number of piperidine rings is 1. The number of fused-ring (bicyclic) bond motifs is 1. The molecule has 1 amide bonds. The van der Waals surface area contributed by atoms with Gasteiger partial charge in [-0.05, 0) is 44.9 Å². The van der Waals surface area contributed by atoms with Gasteiger partial charge in [-0.25, -0.2) is 0 Å². The van der Waals surface area contributed by atoms with Crippen molar-refractivity contribution in [3.05, 3.63) is 59.5 Å². The second-order valence-corrected chi connectivity index (χ2v) is 6.81. The molecule has 5 heteroatoms. The zero-order chi connectivity index (χ0) is 17.4. The van der Waals surface area contributed by atoms with Crippen molar-refractivity contribution in [2.24, 2.45) is 0 Å². The summed E-state index contributed by atoms with van der Waals surface area (Å²) in [6.07, 6.45) is 3.57. The Balaban J connectivity index is 1.48. The number of carbonyl (C=O) groups is 1. The van der Waals surface area contributed by atoms with E-state index >= 15 is 0 Å². The van der Waals surface area contributed by atoms with Crippen molar-refractivity contribution in [3.8, 4) is 0 Å². The summed E-state index contributed by atoms with van der Waals surface area (Å²) < 4.78 is 2.12. The molecule has 0 aliphatic carbocycles. The average Bonchev–Trinajstić information content (AvgIpc) is 2.99. The van der Waals surface area contributed by atoms with Gasteiger partial charge in [0.15, 0.2) is 0 Å². The van der Waals surface area contributed by atoms with Crippen molar-refractivity contribution < 1.29 is 4.79 Å². The van der Waals surface area contributed by atoms with Gasteiger partial charge in [-0.2, -0.15) is 5.10 Å². The molecule has 1 aromatic carbocycles. The summed E-state index contributed by atoms with van der Waals surface area (Å²) in [6.45, 7) is 5.64. The van der Waals surface area contributed by atoms with E-state index in [1.807, 2.05) is 42.2 Å². The third-order valence-corrected chi connectivity index (χ3v) is 4.98. The number of likely N-dealkylation sites (tertiary alicyclic amines) is 1. The van der Waals surface area contributed by atoms with Crippen LogP contribution >= 0.6 is 0 Å². The van der Waals surface area contributed by atoms with Crippen molar-refractivity contribution in [1.29, 1.82) is 0 Å². The van der Waals surface area contributed by atoms with Gasteiger partial charge in [-0.15, -0.1) is 0 Å². The van der Waals surface area contributed by atoms with Gasteiger partial charge in [0, 0.05) is 30.4 Å². The minimum atomic E-state index is 0.0741. The predicted molar refractivity (Wildman–Crippen MR) is 97.6 cm³/mol. The Morgan fingerprint density at radius 2 is 1.88 bits per heavy atom. The van der Waals surface area contributed by atoms with Crippen LogP contribution in [0.1, 0.15) is 40.6 Å². The van der Waals surface area contributed by atoms with Crippen molar-refractivity contribution in [1.82, 2.24) is 19.7 Å². The lowest BCUT2D eigenvalue weighted by Gasteiger charge is -2.32. The predicted octanol–water partition coefficient (Wildman–Crippen LogP) is 3.53. The van der Waals surface area contributed by atoms with Gasteiger partial charge in [0.1, 0.15) is 0 Å². The van der Waals surface area contributed by atoms with Crippen LogP contribution in [0.5, 0.6) is 0 Å². The van der Waals surface area contributed by atoms with E-state index in [1.165, 1.54) is 5.69 Å². The molecule has 0 atom stereocenters. The SMILES string of the molecule is Cc1cc(C)n(C2CCN(C(=O)c3cnc4ccccc4c3)CC2)n1. The van der Waals surface area contributed by atoms with E-state index in [0.29, 0.717) is 11.6 Å². The van der Waals surface area contributed by atoms with Crippen molar-refractivity contribution in [2.75, 3.05) is 13.1 Å². The van der Waals surface area contributed by atoms with E-state index in [9.17, 15) is 4.79 Å². The van der Waals surface area contributed by atoms with Gasteiger partial charge in [-0.1, -0.05) is 18.2 Å². The normalized spacial score (nSPS) is 15.7. The number of aromatic nitrogens is 3. The lowest BCUT2D eigenvalue weighted by molar-refractivity contribution is 0.0689. The fourth-order valence-corrected chi connectivity index (χ4v) is 3.70. The summed E-state index contributed by atoms with van der Waals surface area (Å²) >= 11 is 0. The number of para-hydroxylation sites is 1. The van der Waals surface area contributed by atoms with Crippen LogP contribution in [0.15, 0.2) is 42.6 Å². The summed E-state index contributed by atoms with van der Waals surface area (Å²) in [5.74, 6) is 0.0741. The minimum absolute atomic E-state index is 0.0741. The molecule has 25 heavy (non-hydrogen) atoms. The number of hydrogen-bond donors (Lipinski definition) is 0. The zero-order valence-electron chi connectivity index (χ0n) is 14.6. The first-order valence-corrected chi connectivity index (χ1v) is 8.78. The molecule has 3 heterocycles. The van der Waals surface area contributed by atoms with E-state index in [4.69, 9.17) is 0 Å². The standard InChI is InChI=1S/C20H22N4O/c1-14-11-15(2)24(22-14)18-7-9-23(10-8-18)20(25)17-12-16-5-3-4-6-19(16)21-13-17/h3-6,11-13,18H,7-10H2,1-2H3. The van der Waals surface area contributed by atoms with E-state index in [2.05, 4.69) is 27.8 Å². The molecule has 0 unspecified atom stereocenters. The molecular weight excluding hydrogens is 312 g/mol. The van der Waals surface area contributed by atoms with Crippen molar-refractivity contribution in [3.63, 3.8) is 0 Å². The van der Waals surface area contributed by atoms with Gasteiger partial charge in [0.2, 0.25) is 0 Å². The highest BCUT2D eigenvalue weighted by Crippen LogP contribution is 2.25. The lowest BCUT2D eigenvalue weighted by Crippen LogP contribution is -2.39. The molecule has 0 bridgehead atoms. The second kappa shape index (κ2) is 6.31. The number of pyridine rings is 1. The molecular formula is C20H22N4O. The number of carbonyl (C=O) groups excluding carboxylic acids is 1. The molecule has 5 nitrogen and oxygen atoms in total. The van der Waals surface area contributed by atoms with Crippen LogP contribution in [0, 0.1) is 13.8 Å². The molecule has 1 saturated heterocycles. The van der Waals surface area contributed by atoms with Gasteiger partial charge < -0.3 is 4.90 Å². The van der Waals surface area contributed by atoms with Gasteiger partial charge in [0.25, 0.3) is 5.91 Å². The quantitative estimate of drug-likeness (QED) is 0.720. The summed E-state index contributed by atoms with van der Waals surface area (Å²) in [7, 11) is 0. The molecule has 1 aliphatic heterocycles. The van der Waals surface area contributed by atoms with Crippen LogP contribution in [-0.4, -0.2) is 38.7 Å². The average molecular weight is 334 g/mol. The number of benzene rings is 1. The first kappa shape index (κ1) is 15.8. The Bertz CT molecular complexity index is 922. The summed E-state index contributed by atoms with van der Waals surface area (Å²) in [4.78, 5) is 19.2. The lowest BCUT2D eigenvalue weighted by atomic mass is 10.0. The number of hydrogen-bond acceptors (Lipinski definition) is 3. The van der Waals surface area contributed by atoms with E-state index in [-0.39, 0.29) is 5.91 Å². The number of aryl methyl sites for hydroxylation is 2. The maximum atomic E-state index is 12.8. The van der Waals surface area contributed by atoms with E-state index in [1.54, 1.807) is 6.20 Å². The maximum Gasteiger partial charge on any atom is 0.255 e. The van der Waals surface area contributed by atoms with Crippen LogP contribution in [0.4, 0.5) is 0 Å². The van der Waals surface area contributed by atoms with Crippen LogP contribution < -0.4 is 0 Å². The largest absolute Gasteiger partial charge is 0.338 e. The van der Waals surface area contributed by atoms with Crippen LogP contribution in [0.25, 0.3) is 10.9 Å². The molecule has 3 aromatic rings. The first-order chi connectivity index (χ1) is 12.1. The Kier molecular flexibility index (Phi) is 3.99. The van der Waals surface area contributed by atoms with Crippen LogP contribution in [0.2, 0.25) is 0 Å². The third-order valence-electron chi connectivity index (χ3n) is 4.98. The van der Waals surface area contributed by atoms with Crippen molar-refractivity contribution >= 4 is 16.8 Å². The first-order valence-electron chi connectivity index (χ1n) is 8.78. The number of amides is 1.